The standard InChI is InChI=1S/C22H17Cl2FN6O2/c1-11-6-27-21(32)16-9-29-31-10-17(15-3-2-13(23)5-18(15)24)19(30-20(16)31)26-7-12-4-14(25)8-28-22(12)33-11/h2-5,8-11H,6-7H2,1H3,(H,26,30)(H,27,32)/t11-/m0/s1. The van der Waals surface area contributed by atoms with Crippen molar-refractivity contribution >= 4 is 40.6 Å². The minimum absolute atomic E-state index is 0.166. The van der Waals surface area contributed by atoms with Gasteiger partial charge in [-0.25, -0.2) is 18.9 Å². The van der Waals surface area contributed by atoms with E-state index in [4.69, 9.17) is 27.9 Å². The van der Waals surface area contributed by atoms with E-state index in [0.29, 0.717) is 43.8 Å². The van der Waals surface area contributed by atoms with Crippen molar-refractivity contribution in [3.63, 3.8) is 0 Å². The summed E-state index contributed by atoms with van der Waals surface area (Å²) in [6.45, 7) is 2.17. The molecule has 11 heteroatoms. The fourth-order valence-corrected chi connectivity index (χ4v) is 4.07. The number of fused-ring (bicyclic) bond motifs is 2. The second-order valence-corrected chi connectivity index (χ2v) is 8.41. The van der Waals surface area contributed by atoms with E-state index in [2.05, 4.69) is 25.7 Å². The van der Waals surface area contributed by atoms with Gasteiger partial charge in [-0.2, -0.15) is 5.10 Å². The van der Waals surface area contributed by atoms with Gasteiger partial charge in [-0.3, -0.25) is 4.79 Å². The first-order valence-electron chi connectivity index (χ1n) is 10.1. The van der Waals surface area contributed by atoms with Crippen LogP contribution in [0.4, 0.5) is 10.2 Å². The van der Waals surface area contributed by atoms with Crippen molar-refractivity contribution in [3.05, 3.63) is 69.8 Å². The lowest BCUT2D eigenvalue weighted by Gasteiger charge is -2.17. The Morgan fingerprint density at radius 1 is 1.15 bits per heavy atom. The maximum Gasteiger partial charge on any atom is 0.256 e. The molecule has 1 aliphatic rings. The number of carbonyl (C=O) groups is 1. The zero-order valence-corrected chi connectivity index (χ0v) is 18.8. The number of anilines is 1. The van der Waals surface area contributed by atoms with Gasteiger partial charge in [0, 0.05) is 34.5 Å². The number of pyridine rings is 1. The molecule has 33 heavy (non-hydrogen) atoms. The van der Waals surface area contributed by atoms with Gasteiger partial charge in [0.1, 0.15) is 23.3 Å². The first-order valence-corrected chi connectivity index (χ1v) is 10.8. The number of nitrogens with zero attached hydrogens (tertiary/aromatic N) is 4. The summed E-state index contributed by atoms with van der Waals surface area (Å²) in [5.41, 5.74) is 2.44. The van der Waals surface area contributed by atoms with Crippen LogP contribution in [0.15, 0.2) is 42.9 Å². The zero-order valence-electron chi connectivity index (χ0n) is 17.3. The van der Waals surface area contributed by atoms with Crippen LogP contribution in [0.3, 0.4) is 0 Å². The largest absolute Gasteiger partial charge is 0.473 e. The Hall–Kier alpha value is -3.43. The summed E-state index contributed by atoms with van der Waals surface area (Å²) >= 11 is 12.5. The highest BCUT2D eigenvalue weighted by atomic mass is 35.5. The second kappa shape index (κ2) is 8.49. The highest BCUT2D eigenvalue weighted by Crippen LogP contribution is 2.35. The number of hydrogen-bond donors (Lipinski definition) is 2. The van der Waals surface area contributed by atoms with Gasteiger partial charge in [0.25, 0.3) is 5.91 Å². The minimum Gasteiger partial charge on any atom is -0.473 e. The molecule has 1 aromatic carbocycles. The van der Waals surface area contributed by atoms with E-state index in [9.17, 15) is 9.18 Å². The number of benzene rings is 1. The SMILES string of the molecule is C[C@H]1CNC(=O)c2cnn3cc(-c4ccc(Cl)cc4Cl)c(nc23)NCc2cc(F)cnc2O1. The van der Waals surface area contributed by atoms with Gasteiger partial charge >= 0.3 is 0 Å². The molecule has 4 heterocycles. The Balaban J connectivity index is 1.68. The van der Waals surface area contributed by atoms with Crippen molar-refractivity contribution in [2.45, 2.75) is 19.6 Å². The summed E-state index contributed by atoms with van der Waals surface area (Å²) < 4.78 is 21.3. The Bertz CT molecular complexity index is 1390. The number of rotatable bonds is 1. The number of amides is 1. The zero-order chi connectivity index (χ0) is 23.1. The van der Waals surface area contributed by atoms with Crippen LogP contribution in [0.25, 0.3) is 16.8 Å². The van der Waals surface area contributed by atoms with Crippen LogP contribution < -0.4 is 15.4 Å². The Labute approximate surface area is 197 Å². The van der Waals surface area contributed by atoms with E-state index in [1.807, 2.05) is 0 Å². The summed E-state index contributed by atoms with van der Waals surface area (Å²) in [6.07, 6.45) is 3.85. The fraction of sp³-hybridized carbons (Fsp3) is 0.182. The summed E-state index contributed by atoms with van der Waals surface area (Å²) in [7, 11) is 0. The van der Waals surface area contributed by atoms with Crippen LogP contribution in [0.1, 0.15) is 22.8 Å². The van der Waals surface area contributed by atoms with E-state index >= 15 is 0 Å². The van der Waals surface area contributed by atoms with Gasteiger partial charge < -0.3 is 15.4 Å². The molecule has 1 atom stereocenters. The van der Waals surface area contributed by atoms with Crippen molar-refractivity contribution in [2.24, 2.45) is 0 Å². The quantitative estimate of drug-likeness (QED) is 0.415. The number of halogens is 3. The smallest absolute Gasteiger partial charge is 0.256 e. The molecular weight excluding hydrogens is 470 g/mol. The summed E-state index contributed by atoms with van der Waals surface area (Å²) in [5.74, 6) is -0.154. The van der Waals surface area contributed by atoms with Crippen LogP contribution in [0.5, 0.6) is 5.88 Å². The van der Waals surface area contributed by atoms with Gasteiger partial charge in [0.05, 0.1) is 24.0 Å². The Morgan fingerprint density at radius 3 is 2.82 bits per heavy atom. The molecular formula is C22H17Cl2FN6O2. The van der Waals surface area contributed by atoms with Crippen molar-refractivity contribution in [2.75, 3.05) is 11.9 Å². The van der Waals surface area contributed by atoms with E-state index in [1.165, 1.54) is 16.8 Å². The topological polar surface area (TPSA) is 93.4 Å². The molecule has 0 unspecified atom stereocenters. The summed E-state index contributed by atoms with van der Waals surface area (Å²) in [4.78, 5) is 21.5. The molecule has 4 aromatic rings. The van der Waals surface area contributed by atoms with Crippen LogP contribution in [-0.2, 0) is 6.54 Å². The molecule has 0 saturated heterocycles. The maximum absolute atomic E-state index is 14.0. The molecule has 2 bridgehead atoms. The molecule has 0 aliphatic carbocycles. The van der Waals surface area contributed by atoms with E-state index < -0.39 is 11.9 Å². The van der Waals surface area contributed by atoms with Crippen LogP contribution in [0.2, 0.25) is 10.0 Å². The third-order valence-corrected chi connectivity index (χ3v) is 5.71. The predicted octanol–water partition coefficient (Wildman–Crippen LogP) is 4.36. The summed E-state index contributed by atoms with van der Waals surface area (Å²) in [5, 5.41) is 11.2. The highest BCUT2D eigenvalue weighted by molar-refractivity contribution is 6.36. The molecule has 1 amide bonds. The van der Waals surface area contributed by atoms with Crippen LogP contribution >= 0.6 is 23.2 Å². The predicted molar refractivity (Wildman–Crippen MR) is 122 cm³/mol. The van der Waals surface area contributed by atoms with Gasteiger partial charge in [-0.15, -0.1) is 0 Å². The molecule has 8 nitrogen and oxygen atoms in total. The average Bonchev–Trinajstić information content (AvgIpc) is 3.19. The summed E-state index contributed by atoms with van der Waals surface area (Å²) in [6, 6.07) is 6.45. The van der Waals surface area contributed by atoms with E-state index in [-0.39, 0.29) is 24.9 Å². The molecule has 3 aromatic heterocycles. The van der Waals surface area contributed by atoms with Crippen LogP contribution in [-0.4, -0.2) is 38.1 Å². The van der Waals surface area contributed by atoms with Crippen molar-refractivity contribution in [3.8, 4) is 17.0 Å². The lowest BCUT2D eigenvalue weighted by Crippen LogP contribution is -2.33. The monoisotopic (exact) mass is 486 g/mol. The van der Waals surface area contributed by atoms with Crippen LogP contribution in [0, 0.1) is 5.82 Å². The van der Waals surface area contributed by atoms with E-state index in [1.54, 1.807) is 31.3 Å². The molecule has 0 spiro atoms. The average molecular weight is 487 g/mol. The number of carbonyl (C=O) groups excluding carboxylic acids is 1. The third-order valence-electron chi connectivity index (χ3n) is 5.16. The maximum atomic E-state index is 14.0. The number of aromatic nitrogens is 4. The van der Waals surface area contributed by atoms with Gasteiger partial charge in [-0.1, -0.05) is 29.3 Å². The normalized spacial score (nSPS) is 16.1. The Morgan fingerprint density at radius 2 is 2.00 bits per heavy atom. The molecule has 0 radical (unpaired) electrons. The van der Waals surface area contributed by atoms with Crippen molar-refractivity contribution in [1.29, 1.82) is 0 Å². The van der Waals surface area contributed by atoms with Gasteiger partial charge in [0.15, 0.2) is 5.65 Å². The molecule has 2 N–H and O–H groups in total. The number of nitrogens with one attached hydrogen (secondary N) is 2. The lowest BCUT2D eigenvalue weighted by molar-refractivity contribution is 0.0932. The van der Waals surface area contributed by atoms with Crippen molar-refractivity contribution < 1.29 is 13.9 Å². The highest BCUT2D eigenvalue weighted by Gasteiger charge is 2.21. The molecule has 1 aliphatic heterocycles. The van der Waals surface area contributed by atoms with Crippen molar-refractivity contribution in [1.82, 2.24) is 24.9 Å². The molecule has 0 fully saturated rings. The number of ether oxygens (including phenoxy) is 1. The molecule has 5 rings (SSSR count). The van der Waals surface area contributed by atoms with E-state index in [0.717, 1.165) is 6.20 Å². The fourth-order valence-electron chi connectivity index (χ4n) is 3.56. The lowest BCUT2D eigenvalue weighted by atomic mass is 10.1. The third kappa shape index (κ3) is 4.17. The number of hydrogen-bond acceptors (Lipinski definition) is 6. The van der Waals surface area contributed by atoms with Gasteiger partial charge in [0.2, 0.25) is 5.88 Å². The Kier molecular flexibility index (Phi) is 5.51. The minimum atomic E-state index is -0.494. The van der Waals surface area contributed by atoms with Gasteiger partial charge in [-0.05, 0) is 25.1 Å². The first-order chi connectivity index (χ1) is 15.9. The molecule has 168 valence electrons. The molecule has 0 saturated carbocycles. The first kappa shape index (κ1) is 21.4. The second-order valence-electron chi connectivity index (χ2n) is 7.56.